The van der Waals surface area contributed by atoms with Crippen molar-refractivity contribution in [3.05, 3.63) is 29.6 Å². The topological polar surface area (TPSA) is 76.1 Å². The van der Waals surface area contributed by atoms with Crippen LogP contribution in [0.3, 0.4) is 0 Å². The second-order valence-corrected chi connectivity index (χ2v) is 4.86. The lowest BCUT2D eigenvalue weighted by molar-refractivity contribution is -0.141. The lowest BCUT2D eigenvalue weighted by Gasteiger charge is -2.32. The summed E-state index contributed by atoms with van der Waals surface area (Å²) in [6.07, 6.45) is -0.974. The highest BCUT2D eigenvalue weighted by Gasteiger charge is 2.28. The van der Waals surface area contributed by atoms with Crippen LogP contribution in [-0.2, 0) is 9.53 Å². The smallest absolute Gasteiger partial charge is 0.387 e. The first-order valence-corrected chi connectivity index (χ1v) is 6.74. The van der Waals surface area contributed by atoms with Gasteiger partial charge in [-0.2, -0.15) is 8.78 Å². The molecule has 1 heterocycles. The van der Waals surface area contributed by atoms with E-state index in [0.29, 0.717) is 6.07 Å². The summed E-state index contributed by atoms with van der Waals surface area (Å²) >= 11 is 0. The number of carboxylic acid groups (broad SMARTS) is 1. The molecule has 1 aromatic rings. The molecule has 0 aliphatic carbocycles. The van der Waals surface area contributed by atoms with Gasteiger partial charge in [0, 0.05) is 19.2 Å². The van der Waals surface area contributed by atoms with Gasteiger partial charge in [-0.05, 0) is 12.1 Å². The standard InChI is InChI=1S/C14H14F3NO5/c15-8-1-2-10(11(5-8)23-14(16)17)13(21)18-3-4-22-9(7-18)6-12(19)20/h1-2,5,9,14H,3-4,6-7H2,(H,19,20). The Kier molecular flexibility index (Phi) is 5.43. The maximum Gasteiger partial charge on any atom is 0.387 e. The Morgan fingerprint density at radius 2 is 2.17 bits per heavy atom. The molecule has 1 amide bonds. The Morgan fingerprint density at radius 1 is 1.43 bits per heavy atom. The van der Waals surface area contributed by atoms with Crippen molar-refractivity contribution in [1.29, 1.82) is 0 Å². The summed E-state index contributed by atoms with van der Waals surface area (Å²) in [6, 6.07) is 2.71. The average Bonchev–Trinajstić information content (AvgIpc) is 2.45. The van der Waals surface area contributed by atoms with Gasteiger partial charge in [-0.25, -0.2) is 4.39 Å². The van der Waals surface area contributed by atoms with Crippen LogP contribution < -0.4 is 4.74 Å². The fourth-order valence-electron chi connectivity index (χ4n) is 2.26. The number of ether oxygens (including phenoxy) is 2. The largest absolute Gasteiger partial charge is 0.481 e. The van der Waals surface area contributed by atoms with Gasteiger partial charge in [-0.15, -0.1) is 0 Å². The fourth-order valence-corrected chi connectivity index (χ4v) is 2.26. The van der Waals surface area contributed by atoms with E-state index in [1.807, 2.05) is 0 Å². The van der Waals surface area contributed by atoms with Crippen molar-refractivity contribution in [2.45, 2.75) is 19.1 Å². The maximum absolute atomic E-state index is 13.2. The van der Waals surface area contributed by atoms with Crippen molar-refractivity contribution < 1.29 is 37.3 Å². The summed E-state index contributed by atoms with van der Waals surface area (Å²) in [7, 11) is 0. The molecule has 0 bridgehead atoms. The van der Waals surface area contributed by atoms with Gasteiger partial charge >= 0.3 is 12.6 Å². The number of morpholine rings is 1. The van der Waals surface area contributed by atoms with Crippen LogP contribution in [0.25, 0.3) is 0 Å². The first-order chi connectivity index (χ1) is 10.9. The van der Waals surface area contributed by atoms with E-state index in [2.05, 4.69) is 4.74 Å². The van der Waals surface area contributed by atoms with Crippen LogP contribution >= 0.6 is 0 Å². The summed E-state index contributed by atoms with van der Waals surface area (Å²) < 4.78 is 47.4. The lowest BCUT2D eigenvalue weighted by atomic mass is 10.1. The summed E-state index contributed by atoms with van der Waals surface area (Å²) in [4.78, 5) is 24.4. The minimum Gasteiger partial charge on any atom is -0.481 e. The predicted octanol–water partition coefficient (Wildman–Crippen LogP) is 1.74. The normalized spacial score (nSPS) is 18.1. The first kappa shape index (κ1) is 17.1. The Balaban J connectivity index is 2.17. The molecule has 23 heavy (non-hydrogen) atoms. The fraction of sp³-hybridized carbons (Fsp3) is 0.429. The molecule has 1 aliphatic rings. The molecule has 2 rings (SSSR count). The number of benzene rings is 1. The van der Waals surface area contributed by atoms with E-state index in [-0.39, 0.29) is 31.7 Å². The number of carbonyl (C=O) groups is 2. The monoisotopic (exact) mass is 333 g/mol. The van der Waals surface area contributed by atoms with Crippen molar-refractivity contribution in [2.75, 3.05) is 19.7 Å². The molecular weight excluding hydrogens is 319 g/mol. The minimum atomic E-state index is -3.20. The van der Waals surface area contributed by atoms with E-state index >= 15 is 0 Å². The molecule has 0 aromatic heterocycles. The predicted molar refractivity (Wildman–Crippen MR) is 70.9 cm³/mol. The number of aliphatic carboxylic acids is 1. The van der Waals surface area contributed by atoms with Crippen LogP contribution in [0.4, 0.5) is 13.2 Å². The van der Waals surface area contributed by atoms with Crippen LogP contribution in [0.2, 0.25) is 0 Å². The van der Waals surface area contributed by atoms with Gasteiger partial charge in [0.25, 0.3) is 5.91 Å². The molecule has 1 N–H and O–H groups in total. The van der Waals surface area contributed by atoms with E-state index in [1.54, 1.807) is 0 Å². The highest BCUT2D eigenvalue weighted by molar-refractivity contribution is 5.97. The molecule has 0 spiro atoms. The molecule has 1 unspecified atom stereocenters. The highest BCUT2D eigenvalue weighted by Crippen LogP contribution is 2.24. The summed E-state index contributed by atoms with van der Waals surface area (Å²) in [6.45, 7) is -2.92. The zero-order chi connectivity index (χ0) is 17.0. The highest BCUT2D eigenvalue weighted by atomic mass is 19.3. The molecular formula is C14H14F3NO5. The molecule has 1 aromatic carbocycles. The van der Waals surface area contributed by atoms with Gasteiger partial charge in [-0.1, -0.05) is 0 Å². The number of alkyl halides is 2. The van der Waals surface area contributed by atoms with Gasteiger partial charge in [0.05, 0.1) is 24.7 Å². The molecule has 1 atom stereocenters. The van der Waals surface area contributed by atoms with E-state index in [1.165, 1.54) is 4.90 Å². The zero-order valence-corrected chi connectivity index (χ0v) is 11.9. The SMILES string of the molecule is O=C(O)CC1CN(C(=O)c2ccc(F)cc2OC(F)F)CCO1. The average molecular weight is 333 g/mol. The Labute approximate surface area is 129 Å². The van der Waals surface area contributed by atoms with Gasteiger partial charge in [0.1, 0.15) is 11.6 Å². The zero-order valence-electron chi connectivity index (χ0n) is 11.9. The van der Waals surface area contributed by atoms with Crippen molar-refractivity contribution in [3.8, 4) is 5.75 Å². The Morgan fingerprint density at radius 3 is 2.83 bits per heavy atom. The summed E-state index contributed by atoms with van der Waals surface area (Å²) in [5, 5.41) is 8.75. The number of amides is 1. The third-order valence-electron chi connectivity index (χ3n) is 3.22. The van der Waals surface area contributed by atoms with Crippen LogP contribution in [-0.4, -0.2) is 54.3 Å². The van der Waals surface area contributed by atoms with Crippen molar-refractivity contribution in [2.24, 2.45) is 0 Å². The van der Waals surface area contributed by atoms with E-state index in [0.717, 1.165) is 12.1 Å². The molecule has 0 saturated carbocycles. The summed E-state index contributed by atoms with van der Waals surface area (Å²) in [5.41, 5.74) is -0.220. The number of hydrogen-bond donors (Lipinski definition) is 1. The van der Waals surface area contributed by atoms with Crippen molar-refractivity contribution >= 4 is 11.9 Å². The van der Waals surface area contributed by atoms with Gasteiger partial charge in [0.15, 0.2) is 0 Å². The van der Waals surface area contributed by atoms with Crippen molar-refractivity contribution in [1.82, 2.24) is 4.90 Å². The molecule has 6 nitrogen and oxygen atoms in total. The molecule has 1 saturated heterocycles. The summed E-state index contributed by atoms with van der Waals surface area (Å²) in [5.74, 6) is -3.11. The van der Waals surface area contributed by atoms with Gasteiger partial charge in [0.2, 0.25) is 0 Å². The Bertz CT molecular complexity index is 596. The Hall–Kier alpha value is -2.29. The van der Waals surface area contributed by atoms with Crippen LogP contribution in [0.15, 0.2) is 18.2 Å². The van der Waals surface area contributed by atoms with Crippen LogP contribution in [0.5, 0.6) is 5.75 Å². The number of nitrogens with zero attached hydrogens (tertiary/aromatic N) is 1. The minimum absolute atomic E-state index is 0.00334. The molecule has 1 fully saturated rings. The number of rotatable bonds is 5. The lowest BCUT2D eigenvalue weighted by Crippen LogP contribution is -2.46. The van der Waals surface area contributed by atoms with Crippen LogP contribution in [0, 0.1) is 5.82 Å². The van der Waals surface area contributed by atoms with Crippen LogP contribution in [0.1, 0.15) is 16.8 Å². The maximum atomic E-state index is 13.2. The number of hydrogen-bond acceptors (Lipinski definition) is 4. The second kappa shape index (κ2) is 7.32. The molecule has 1 aliphatic heterocycles. The van der Waals surface area contributed by atoms with Gasteiger partial charge in [-0.3, -0.25) is 9.59 Å². The van der Waals surface area contributed by atoms with Gasteiger partial charge < -0.3 is 19.5 Å². The quantitative estimate of drug-likeness (QED) is 0.888. The van der Waals surface area contributed by atoms with E-state index < -0.39 is 36.2 Å². The molecule has 0 radical (unpaired) electrons. The van der Waals surface area contributed by atoms with E-state index in [4.69, 9.17) is 9.84 Å². The number of carboxylic acids is 1. The molecule has 9 heteroatoms. The first-order valence-electron chi connectivity index (χ1n) is 6.74. The van der Waals surface area contributed by atoms with Crippen molar-refractivity contribution in [3.63, 3.8) is 0 Å². The number of halogens is 3. The third kappa shape index (κ3) is 4.59. The van der Waals surface area contributed by atoms with E-state index in [9.17, 15) is 22.8 Å². The molecule has 126 valence electrons. The third-order valence-corrected chi connectivity index (χ3v) is 3.22. The second-order valence-electron chi connectivity index (χ2n) is 4.86. The number of carbonyl (C=O) groups excluding carboxylic acids is 1.